The maximum atomic E-state index is 11.5. The molecule has 0 saturated heterocycles. The highest BCUT2D eigenvalue weighted by atomic mass is 79.9. The SMILES string of the molecule is O=C(NCCCBr)c1ccc(B(O)O)cc1. The van der Waals surface area contributed by atoms with Gasteiger partial charge in [-0.2, -0.15) is 0 Å². The van der Waals surface area contributed by atoms with Crippen molar-refractivity contribution < 1.29 is 14.8 Å². The second-order valence-electron chi connectivity index (χ2n) is 3.29. The maximum absolute atomic E-state index is 11.5. The molecule has 1 amide bonds. The number of carbonyl (C=O) groups excluding carboxylic acids is 1. The van der Waals surface area contributed by atoms with Crippen molar-refractivity contribution in [2.75, 3.05) is 11.9 Å². The van der Waals surface area contributed by atoms with Crippen molar-refractivity contribution >= 4 is 34.4 Å². The summed E-state index contributed by atoms with van der Waals surface area (Å²) < 4.78 is 0. The van der Waals surface area contributed by atoms with Crippen LogP contribution in [0.25, 0.3) is 0 Å². The second-order valence-corrected chi connectivity index (χ2v) is 4.09. The van der Waals surface area contributed by atoms with Crippen molar-refractivity contribution in [3.8, 4) is 0 Å². The first-order valence-corrected chi connectivity index (χ1v) is 6.07. The quantitative estimate of drug-likeness (QED) is 0.401. The van der Waals surface area contributed by atoms with Gasteiger partial charge in [-0.15, -0.1) is 0 Å². The molecule has 3 N–H and O–H groups in total. The first kappa shape index (κ1) is 13.2. The van der Waals surface area contributed by atoms with Gasteiger partial charge in [0, 0.05) is 17.4 Å². The van der Waals surface area contributed by atoms with E-state index in [2.05, 4.69) is 21.2 Å². The van der Waals surface area contributed by atoms with Crippen molar-refractivity contribution in [2.45, 2.75) is 6.42 Å². The van der Waals surface area contributed by atoms with Crippen LogP contribution in [0.5, 0.6) is 0 Å². The third kappa shape index (κ3) is 3.96. The van der Waals surface area contributed by atoms with Crippen LogP contribution in [0.2, 0.25) is 0 Å². The molecule has 86 valence electrons. The van der Waals surface area contributed by atoms with Gasteiger partial charge in [0.25, 0.3) is 5.91 Å². The maximum Gasteiger partial charge on any atom is 0.488 e. The number of hydrogen-bond donors (Lipinski definition) is 3. The van der Waals surface area contributed by atoms with Crippen molar-refractivity contribution in [1.82, 2.24) is 5.32 Å². The molecule has 1 aromatic carbocycles. The molecular formula is C10H13BBrNO3. The molecule has 0 unspecified atom stereocenters. The molecule has 0 heterocycles. The first-order chi connectivity index (χ1) is 7.65. The molecule has 1 rings (SSSR count). The van der Waals surface area contributed by atoms with Gasteiger partial charge in [0.2, 0.25) is 0 Å². The molecule has 0 aromatic heterocycles. The van der Waals surface area contributed by atoms with Gasteiger partial charge in [0.15, 0.2) is 0 Å². The summed E-state index contributed by atoms with van der Waals surface area (Å²) in [5.74, 6) is -0.153. The van der Waals surface area contributed by atoms with E-state index in [-0.39, 0.29) is 5.91 Å². The number of hydrogen-bond acceptors (Lipinski definition) is 3. The molecule has 1 aromatic rings. The van der Waals surface area contributed by atoms with Gasteiger partial charge in [0.05, 0.1) is 0 Å². The van der Waals surface area contributed by atoms with Crippen LogP contribution in [0.4, 0.5) is 0 Å². The minimum atomic E-state index is -1.49. The monoisotopic (exact) mass is 285 g/mol. The van der Waals surface area contributed by atoms with Crippen LogP contribution in [0, 0.1) is 0 Å². The van der Waals surface area contributed by atoms with Crippen LogP contribution in [0.15, 0.2) is 24.3 Å². The third-order valence-electron chi connectivity index (χ3n) is 2.07. The highest BCUT2D eigenvalue weighted by Crippen LogP contribution is 1.97. The Morgan fingerprint density at radius 2 is 1.94 bits per heavy atom. The smallest absolute Gasteiger partial charge is 0.423 e. The van der Waals surface area contributed by atoms with Gasteiger partial charge in [-0.3, -0.25) is 4.79 Å². The lowest BCUT2D eigenvalue weighted by atomic mass is 9.80. The molecule has 4 nitrogen and oxygen atoms in total. The lowest BCUT2D eigenvalue weighted by molar-refractivity contribution is 0.0954. The molecular weight excluding hydrogens is 273 g/mol. The lowest BCUT2D eigenvalue weighted by Gasteiger charge is -2.05. The fourth-order valence-electron chi connectivity index (χ4n) is 1.18. The highest BCUT2D eigenvalue weighted by Gasteiger charge is 2.11. The van der Waals surface area contributed by atoms with Gasteiger partial charge < -0.3 is 15.4 Å². The minimum absolute atomic E-state index is 0.153. The first-order valence-electron chi connectivity index (χ1n) is 4.95. The van der Waals surface area contributed by atoms with Crippen molar-refractivity contribution in [2.24, 2.45) is 0 Å². The highest BCUT2D eigenvalue weighted by molar-refractivity contribution is 9.09. The second kappa shape index (κ2) is 6.68. The van der Waals surface area contributed by atoms with Gasteiger partial charge in [-0.05, 0) is 24.0 Å². The zero-order valence-corrected chi connectivity index (χ0v) is 10.3. The Bertz CT molecular complexity index is 342. The number of rotatable bonds is 5. The number of alkyl halides is 1. The summed E-state index contributed by atoms with van der Waals surface area (Å²) in [7, 11) is -1.49. The molecule has 0 spiro atoms. The van der Waals surface area contributed by atoms with Crippen LogP contribution in [0.1, 0.15) is 16.8 Å². The standard InChI is InChI=1S/C10H13BBrNO3/c12-6-1-7-13-10(14)8-2-4-9(5-3-8)11(15)16/h2-5,15-16H,1,6-7H2,(H,13,14). The lowest BCUT2D eigenvalue weighted by Crippen LogP contribution is -2.30. The zero-order valence-electron chi connectivity index (χ0n) is 8.69. The average molecular weight is 286 g/mol. The Balaban J connectivity index is 2.56. The predicted octanol–water partition coefficient (Wildman–Crippen LogP) is -0.119. The van der Waals surface area contributed by atoms with Gasteiger partial charge in [-0.25, -0.2) is 0 Å². The molecule has 0 radical (unpaired) electrons. The molecule has 6 heteroatoms. The predicted molar refractivity (Wildman–Crippen MR) is 67.0 cm³/mol. The van der Waals surface area contributed by atoms with Crippen LogP contribution < -0.4 is 10.8 Å². The number of halogens is 1. The number of nitrogens with one attached hydrogen (secondary N) is 1. The Morgan fingerprint density at radius 3 is 2.44 bits per heavy atom. The van der Waals surface area contributed by atoms with E-state index in [1.807, 2.05) is 0 Å². The summed E-state index contributed by atoms with van der Waals surface area (Å²) in [6.07, 6.45) is 0.874. The normalized spacial score (nSPS) is 9.94. The van der Waals surface area contributed by atoms with Crippen molar-refractivity contribution in [1.29, 1.82) is 0 Å². The molecule has 0 aliphatic carbocycles. The topological polar surface area (TPSA) is 69.6 Å². The fraction of sp³-hybridized carbons (Fsp3) is 0.300. The average Bonchev–Trinajstić information content (AvgIpc) is 2.29. The molecule has 0 bridgehead atoms. The molecule has 0 aliphatic heterocycles. The summed E-state index contributed by atoms with van der Waals surface area (Å²) in [5.41, 5.74) is 0.885. The van der Waals surface area contributed by atoms with Crippen LogP contribution >= 0.6 is 15.9 Å². The molecule has 0 fully saturated rings. The summed E-state index contributed by atoms with van der Waals surface area (Å²) in [6.45, 7) is 0.620. The van der Waals surface area contributed by atoms with E-state index in [9.17, 15) is 4.79 Å². The van der Waals surface area contributed by atoms with Crippen LogP contribution in [0.3, 0.4) is 0 Å². The number of benzene rings is 1. The van der Waals surface area contributed by atoms with E-state index in [1.165, 1.54) is 12.1 Å². The van der Waals surface area contributed by atoms with E-state index >= 15 is 0 Å². The van der Waals surface area contributed by atoms with Gasteiger partial charge in [-0.1, -0.05) is 28.1 Å². The van der Waals surface area contributed by atoms with Gasteiger partial charge >= 0.3 is 7.12 Å². The van der Waals surface area contributed by atoms with Crippen LogP contribution in [-0.4, -0.2) is 34.9 Å². The number of carbonyl (C=O) groups is 1. The Kier molecular flexibility index (Phi) is 5.52. The third-order valence-corrected chi connectivity index (χ3v) is 2.63. The Morgan fingerprint density at radius 1 is 1.31 bits per heavy atom. The molecule has 0 atom stereocenters. The van der Waals surface area contributed by atoms with Crippen LogP contribution in [-0.2, 0) is 0 Å². The Labute approximate surface area is 103 Å². The van der Waals surface area contributed by atoms with E-state index in [4.69, 9.17) is 10.0 Å². The zero-order chi connectivity index (χ0) is 12.0. The molecule has 16 heavy (non-hydrogen) atoms. The van der Waals surface area contributed by atoms with E-state index in [1.54, 1.807) is 12.1 Å². The van der Waals surface area contributed by atoms with Crippen molar-refractivity contribution in [3.63, 3.8) is 0 Å². The van der Waals surface area contributed by atoms with Crippen molar-refractivity contribution in [3.05, 3.63) is 29.8 Å². The fourth-order valence-corrected chi connectivity index (χ4v) is 1.46. The summed E-state index contributed by atoms with van der Waals surface area (Å²) in [6, 6.07) is 6.17. The molecule has 0 aliphatic rings. The Hall–Kier alpha value is -0.845. The van der Waals surface area contributed by atoms with E-state index in [0.717, 1.165) is 11.8 Å². The van der Waals surface area contributed by atoms with E-state index in [0.29, 0.717) is 17.6 Å². The minimum Gasteiger partial charge on any atom is -0.423 e. The summed E-state index contributed by atoms with van der Waals surface area (Å²) in [5, 5.41) is 21.4. The van der Waals surface area contributed by atoms with E-state index < -0.39 is 7.12 Å². The number of amides is 1. The largest absolute Gasteiger partial charge is 0.488 e. The van der Waals surface area contributed by atoms with Gasteiger partial charge in [0.1, 0.15) is 0 Å². The summed E-state index contributed by atoms with van der Waals surface area (Å²) >= 11 is 3.27. The molecule has 0 saturated carbocycles. The summed E-state index contributed by atoms with van der Waals surface area (Å²) in [4.78, 5) is 11.5.